The van der Waals surface area contributed by atoms with E-state index in [0.29, 0.717) is 0 Å². The molecule has 2 N–H and O–H groups in total. The van der Waals surface area contributed by atoms with Crippen LogP contribution in [0.1, 0.15) is 20.7 Å². The van der Waals surface area contributed by atoms with Crippen LogP contribution in [0, 0.1) is 5.82 Å². The number of halogens is 2. The number of carboxylic acids is 1. The van der Waals surface area contributed by atoms with Gasteiger partial charge in [-0.25, -0.2) is 9.18 Å². The first-order valence-electron chi connectivity index (χ1n) is 5.07. The van der Waals surface area contributed by atoms with Crippen LogP contribution in [0.25, 0.3) is 0 Å². The molecule has 1 heterocycles. The molecule has 1 amide bonds. The fraction of sp³-hybridized carbons (Fsp3) is 0. The smallest absolute Gasteiger partial charge is 0.338 e. The highest BCUT2D eigenvalue weighted by atomic mass is 35.5. The molecule has 0 saturated heterocycles. The zero-order valence-corrected chi connectivity index (χ0v) is 10.9. The van der Waals surface area contributed by atoms with E-state index in [1.54, 1.807) is 0 Å². The van der Waals surface area contributed by atoms with E-state index in [2.05, 4.69) is 5.32 Å². The summed E-state index contributed by atoms with van der Waals surface area (Å²) in [6.07, 6.45) is 0. The fourth-order valence-electron chi connectivity index (χ4n) is 1.42. The first-order chi connectivity index (χ1) is 9.00. The van der Waals surface area contributed by atoms with E-state index < -0.39 is 17.7 Å². The Morgan fingerprint density at radius 3 is 2.68 bits per heavy atom. The Kier molecular flexibility index (Phi) is 3.82. The average molecular weight is 300 g/mol. The summed E-state index contributed by atoms with van der Waals surface area (Å²) in [7, 11) is 0. The van der Waals surface area contributed by atoms with E-state index in [4.69, 9.17) is 16.7 Å². The lowest BCUT2D eigenvalue weighted by atomic mass is 10.2. The van der Waals surface area contributed by atoms with Crippen molar-refractivity contribution in [2.75, 3.05) is 5.32 Å². The normalized spacial score (nSPS) is 10.2. The standard InChI is InChI=1S/C12H7ClFNO3S/c13-8-3-1-2-6(9(8)14)10(16)15-11-7(12(17)18)4-5-19-11/h1-5H,(H,15,16)(H,17,18). The van der Waals surface area contributed by atoms with Crippen LogP contribution in [0.15, 0.2) is 29.6 Å². The third kappa shape index (κ3) is 2.74. The van der Waals surface area contributed by atoms with Crippen molar-refractivity contribution in [3.8, 4) is 0 Å². The van der Waals surface area contributed by atoms with Crippen LogP contribution in [-0.4, -0.2) is 17.0 Å². The molecule has 0 atom stereocenters. The summed E-state index contributed by atoms with van der Waals surface area (Å²) in [4.78, 5) is 22.7. The molecule has 1 aromatic heterocycles. The number of hydrogen-bond acceptors (Lipinski definition) is 3. The molecule has 0 spiro atoms. The average Bonchev–Trinajstić information content (AvgIpc) is 2.80. The highest BCUT2D eigenvalue weighted by Crippen LogP contribution is 2.25. The molecule has 0 aliphatic carbocycles. The van der Waals surface area contributed by atoms with Crippen molar-refractivity contribution in [3.05, 3.63) is 51.6 Å². The summed E-state index contributed by atoms with van der Waals surface area (Å²) in [6, 6.07) is 5.38. The second kappa shape index (κ2) is 5.38. The maximum atomic E-state index is 13.6. The molecule has 98 valence electrons. The Morgan fingerprint density at radius 2 is 2.00 bits per heavy atom. The van der Waals surface area contributed by atoms with E-state index in [1.807, 2.05) is 0 Å². The van der Waals surface area contributed by atoms with Crippen LogP contribution in [0.3, 0.4) is 0 Å². The molecule has 0 unspecified atom stereocenters. The van der Waals surface area contributed by atoms with Gasteiger partial charge in [0.15, 0.2) is 5.82 Å². The Hall–Kier alpha value is -1.92. The van der Waals surface area contributed by atoms with Gasteiger partial charge in [0.2, 0.25) is 0 Å². The van der Waals surface area contributed by atoms with Gasteiger partial charge in [-0.05, 0) is 23.6 Å². The van der Waals surface area contributed by atoms with Gasteiger partial charge in [0, 0.05) is 0 Å². The van der Waals surface area contributed by atoms with Crippen molar-refractivity contribution in [1.29, 1.82) is 0 Å². The quantitative estimate of drug-likeness (QED) is 0.911. The Labute approximate surface area is 116 Å². The van der Waals surface area contributed by atoms with Crippen molar-refractivity contribution in [3.63, 3.8) is 0 Å². The van der Waals surface area contributed by atoms with E-state index in [1.165, 1.54) is 29.6 Å². The number of aromatic carboxylic acids is 1. The van der Waals surface area contributed by atoms with Crippen LogP contribution in [0.2, 0.25) is 5.02 Å². The number of amides is 1. The highest BCUT2D eigenvalue weighted by molar-refractivity contribution is 7.14. The van der Waals surface area contributed by atoms with Crippen molar-refractivity contribution in [2.24, 2.45) is 0 Å². The third-order valence-corrected chi connectivity index (χ3v) is 3.44. The molecule has 0 saturated carbocycles. The molecule has 0 aliphatic rings. The topological polar surface area (TPSA) is 66.4 Å². The molecule has 0 radical (unpaired) electrons. The van der Waals surface area contributed by atoms with Gasteiger partial charge in [0.1, 0.15) is 5.00 Å². The van der Waals surface area contributed by atoms with Crippen LogP contribution in [0.5, 0.6) is 0 Å². The van der Waals surface area contributed by atoms with Gasteiger partial charge < -0.3 is 10.4 Å². The lowest BCUT2D eigenvalue weighted by molar-refractivity contribution is 0.0698. The number of anilines is 1. The Bertz CT molecular complexity index is 656. The first-order valence-corrected chi connectivity index (χ1v) is 6.32. The minimum atomic E-state index is -1.16. The van der Waals surface area contributed by atoms with Crippen LogP contribution >= 0.6 is 22.9 Å². The Morgan fingerprint density at radius 1 is 1.26 bits per heavy atom. The van der Waals surface area contributed by atoms with Crippen molar-refractivity contribution >= 4 is 39.8 Å². The second-order valence-electron chi connectivity index (χ2n) is 3.52. The molecule has 19 heavy (non-hydrogen) atoms. The van der Waals surface area contributed by atoms with Gasteiger partial charge in [-0.1, -0.05) is 17.7 Å². The zero-order chi connectivity index (χ0) is 14.0. The van der Waals surface area contributed by atoms with E-state index in [9.17, 15) is 14.0 Å². The minimum Gasteiger partial charge on any atom is -0.478 e. The van der Waals surface area contributed by atoms with E-state index >= 15 is 0 Å². The summed E-state index contributed by atoms with van der Waals surface area (Å²) in [5, 5.41) is 12.8. The van der Waals surface area contributed by atoms with E-state index in [0.717, 1.165) is 11.3 Å². The molecule has 4 nitrogen and oxygen atoms in total. The predicted molar refractivity (Wildman–Crippen MR) is 70.6 cm³/mol. The van der Waals surface area contributed by atoms with E-state index in [-0.39, 0.29) is 21.2 Å². The summed E-state index contributed by atoms with van der Waals surface area (Å²) >= 11 is 6.62. The number of benzene rings is 1. The van der Waals surface area contributed by atoms with Gasteiger partial charge in [-0.3, -0.25) is 4.79 Å². The monoisotopic (exact) mass is 299 g/mol. The SMILES string of the molecule is O=C(O)c1ccsc1NC(=O)c1cccc(Cl)c1F. The van der Waals surface area contributed by atoms with Crippen LogP contribution in [0.4, 0.5) is 9.39 Å². The maximum absolute atomic E-state index is 13.6. The number of thiophene rings is 1. The van der Waals surface area contributed by atoms with Crippen LogP contribution < -0.4 is 5.32 Å². The number of rotatable bonds is 3. The third-order valence-electron chi connectivity index (χ3n) is 2.32. The first kappa shape index (κ1) is 13.5. The van der Waals surface area contributed by atoms with Gasteiger partial charge >= 0.3 is 5.97 Å². The van der Waals surface area contributed by atoms with Gasteiger partial charge in [-0.2, -0.15) is 0 Å². The molecule has 1 aromatic carbocycles. The summed E-state index contributed by atoms with van der Waals surface area (Å²) in [5.74, 6) is -2.75. The zero-order valence-electron chi connectivity index (χ0n) is 9.31. The van der Waals surface area contributed by atoms with Gasteiger partial charge in [0.05, 0.1) is 16.1 Å². The Balaban J connectivity index is 2.29. The molecule has 7 heteroatoms. The molecule has 2 aromatic rings. The molecule has 2 rings (SSSR count). The number of carbonyl (C=O) groups is 2. The summed E-state index contributed by atoms with van der Waals surface area (Å²) < 4.78 is 13.6. The number of carboxylic acid groups (broad SMARTS) is 1. The van der Waals surface area contributed by atoms with Crippen molar-refractivity contribution in [1.82, 2.24) is 0 Å². The van der Waals surface area contributed by atoms with Crippen molar-refractivity contribution in [2.45, 2.75) is 0 Å². The molecule has 0 fully saturated rings. The molecule has 0 aliphatic heterocycles. The summed E-state index contributed by atoms with van der Waals surface area (Å²) in [6.45, 7) is 0. The lowest BCUT2D eigenvalue weighted by Crippen LogP contribution is -2.14. The van der Waals surface area contributed by atoms with Gasteiger partial charge in [-0.15, -0.1) is 11.3 Å². The predicted octanol–water partition coefficient (Wildman–Crippen LogP) is 3.49. The number of carbonyl (C=O) groups excluding carboxylic acids is 1. The van der Waals surface area contributed by atoms with Crippen LogP contribution in [-0.2, 0) is 0 Å². The van der Waals surface area contributed by atoms with Crippen molar-refractivity contribution < 1.29 is 19.1 Å². The maximum Gasteiger partial charge on any atom is 0.338 e. The fourth-order valence-corrected chi connectivity index (χ4v) is 2.37. The minimum absolute atomic E-state index is 0.0409. The molecular formula is C12H7ClFNO3S. The molecular weight excluding hydrogens is 293 g/mol. The lowest BCUT2D eigenvalue weighted by Gasteiger charge is -2.06. The second-order valence-corrected chi connectivity index (χ2v) is 4.85. The number of nitrogens with one attached hydrogen (secondary N) is 1. The highest BCUT2D eigenvalue weighted by Gasteiger charge is 2.18. The summed E-state index contributed by atoms with van der Waals surface area (Å²) in [5.41, 5.74) is -0.280. The van der Waals surface area contributed by atoms with Gasteiger partial charge in [0.25, 0.3) is 5.91 Å². The largest absolute Gasteiger partial charge is 0.478 e. The molecule has 0 bridgehead atoms. The number of hydrogen-bond donors (Lipinski definition) is 2.